The van der Waals surface area contributed by atoms with Crippen molar-refractivity contribution in [3.63, 3.8) is 0 Å². The molecule has 2 fully saturated rings. The molecule has 5 nitrogen and oxygen atoms in total. The molecule has 3 unspecified atom stereocenters. The zero-order valence-electron chi connectivity index (χ0n) is 11.9. The molecule has 2 aromatic rings. The average Bonchev–Trinajstić information content (AvgIpc) is 3.16. The predicted molar refractivity (Wildman–Crippen MR) is 82.2 cm³/mol. The molecule has 3 atom stereocenters. The fourth-order valence-electron chi connectivity index (χ4n) is 4.04. The van der Waals surface area contributed by atoms with Crippen molar-refractivity contribution in [3.8, 4) is 0 Å². The van der Waals surface area contributed by atoms with Gasteiger partial charge in [0.05, 0.1) is 6.04 Å². The van der Waals surface area contributed by atoms with Crippen molar-refractivity contribution in [1.82, 2.24) is 25.1 Å². The molecule has 1 N–H and O–H groups in total. The minimum absolute atomic E-state index is 0.443. The summed E-state index contributed by atoms with van der Waals surface area (Å²) >= 11 is 5.26. The number of aromatic nitrogens is 4. The summed E-state index contributed by atoms with van der Waals surface area (Å²) < 4.78 is 2.58. The van der Waals surface area contributed by atoms with Gasteiger partial charge >= 0.3 is 0 Å². The third kappa shape index (κ3) is 2.42. The van der Waals surface area contributed by atoms with E-state index >= 15 is 0 Å². The van der Waals surface area contributed by atoms with E-state index in [0.717, 1.165) is 19.0 Å². The molecule has 1 aromatic carbocycles. The highest BCUT2D eigenvalue weighted by molar-refractivity contribution is 7.71. The van der Waals surface area contributed by atoms with Crippen molar-refractivity contribution in [3.05, 3.63) is 40.7 Å². The van der Waals surface area contributed by atoms with E-state index in [4.69, 9.17) is 12.2 Å². The summed E-state index contributed by atoms with van der Waals surface area (Å²) in [5.74, 6) is 1.45. The first kappa shape index (κ1) is 13.2. The summed E-state index contributed by atoms with van der Waals surface area (Å²) in [6.45, 7) is 3.39. The second kappa shape index (κ2) is 5.35. The topological polar surface area (TPSA) is 49.7 Å². The lowest BCUT2D eigenvalue weighted by atomic mass is 9.98. The standard InChI is InChI=1S/C15H19N5S/c21-15-16-17-18-20(15)14-7-6-12-9-19(10-13(12)14)8-11-4-2-1-3-5-11/h1-5,12-14H,6-10H2,(H,16,18,21). The fourth-order valence-corrected chi connectivity index (χ4v) is 4.26. The third-order valence-corrected chi connectivity index (χ3v) is 5.25. The lowest BCUT2D eigenvalue weighted by molar-refractivity contribution is 0.272. The Bertz CT molecular complexity index is 664. The van der Waals surface area contributed by atoms with Crippen LogP contribution < -0.4 is 0 Å². The molecule has 6 heteroatoms. The van der Waals surface area contributed by atoms with Crippen LogP contribution in [0, 0.1) is 16.6 Å². The van der Waals surface area contributed by atoms with Gasteiger partial charge in [-0.3, -0.25) is 4.90 Å². The van der Waals surface area contributed by atoms with Crippen LogP contribution in [-0.4, -0.2) is 38.2 Å². The van der Waals surface area contributed by atoms with Crippen molar-refractivity contribution < 1.29 is 0 Å². The minimum atomic E-state index is 0.443. The lowest BCUT2D eigenvalue weighted by Crippen LogP contribution is -2.24. The zero-order valence-corrected chi connectivity index (χ0v) is 12.7. The van der Waals surface area contributed by atoms with Crippen LogP contribution in [0.3, 0.4) is 0 Å². The predicted octanol–water partition coefficient (Wildman–Crippen LogP) is 2.42. The van der Waals surface area contributed by atoms with Crippen LogP contribution in [0.2, 0.25) is 0 Å². The molecule has 21 heavy (non-hydrogen) atoms. The first-order chi connectivity index (χ1) is 10.3. The molecule has 0 amide bonds. The highest BCUT2D eigenvalue weighted by atomic mass is 32.1. The highest BCUT2D eigenvalue weighted by Gasteiger charge is 2.43. The molecule has 1 saturated heterocycles. The molecule has 1 saturated carbocycles. The van der Waals surface area contributed by atoms with E-state index in [2.05, 4.69) is 50.8 Å². The number of aromatic amines is 1. The number of rotatable bonds is 3. The van der Waals surface area contributed by atoms with Gasteiger partial charge in [-0.1, -0.05) is 40.6 Å². The number of hydrogen-bond donors (Lipinski definition) is 1. The Labute approximate surface area is 128 Å². The average molecular weight is 301 g/mol. The Hall–Kier alpha value is -1.53. The molecule has 1 aliphatic heterocycles. The largest absolute Gasteiger partial charge is 0.298 e. The van der Waals surface area contributed by atoms with Crippen LogP contribution >= 0.6 is 12.2 Å². The summed E-state index contributed by atoms with van der Waals surface area (Å²) in [5, 5.41) is 10.7. The summed E-state index contributed by atoms with van der Waals surface area (Å²) in [4.78, 5) is 2.57. The number of nitrogens with one attached hydrogen (secondary N) is 1. The van der Waals surface area contributed by atoms with E-state index in [1.165, 1.54) is 24.9 Å². The summed E-state index contributed by atoms with van der Waals surface area (Å²) in [5.41, 5.74) is 1.40. The molecule has 0 spiro atoms. The van der Waals surface area contributed by atoms with E-state index in [0.29, 0.717) is 16.7 Å². The molecule has 0 radical (unpaired) electrons. The van der Waals surface area contributed by atoms with Crippen LogP contribution in [-0.2, 0) is 6.54 Å². The van der Waals surface area contributed by atoms with E-state index in [1.54, 1.807) is 0 Å². The van der Waals surface area contributed by atoms with Gasteiger partial charge in [0.2, 0.25) is 4.77 Å². The Balaban J connectivity index is 1.48. The summed E-state index contributed by atoms with van der Waals surface area (Å²) in [6, 6.07) is 11.2. The van der Waals surface area contributed by atoms with Gasteiger partial charge in [-0.2, -0.15) is 5.21 Å². The van der Waals surface area contributed by atoms with Crippen LogP contribution in [0.5, 0.6) is 0 Å². The van der Waals surface area contributed by atoms with Gasteiger partial charge in [0, 0.05) is 19.6 Å². The molecule has 2 aliphatic rings. The van der Waals surface area contributed by atoms with Crippen molar-refractivity contribution in [1.29, 1.82) is 0 Å². The SMILES string of the molecule is S=c1nn[nH]n1C1CCC2CN(Cc3ccccc3)CC21. The minimum Gasteiger partial charge on any atom is -0.298 e. The van der Waals surface area contributed by atoms with Crippen LogP contribution in [0.15, 0.2) is 30.3 Å². The van der Waals surface area contributed by atoms with Gasteiger partial charge in [-0.15, -0.1) is 0 Å². The van der Waals surface area contributed by atoms with E-state index < -0.39 is 0 Å². The zero-order chi connectivity index (χ0) is 14.2. The van der Waals surface area contributed by atoms with E-state index in [-0.39, 0.29) is 0 Å². The third-order valence-electron chi connectivity index (χ3n) is 4.97. The van der Waals surface area contributed by atoms with E-state index in [9.17, 15) is 0 Å². The molecule has 1 aliphatic carbocycles. The molecule has 0 bridgehead atoms. The number of hydrogen-bond acceptors (Lipinski definition) is 4. The van der Waals surface area contributed by atoms with Crippen molar-refractivity contribution in [2.24, 2.45) is 11.8 Å². The monoisotopic (exact) mass is 301 g/mol. The fraction of sp³-hybridized carbons (Fsp3) is 0.533. The number of fused-ring (bicyclic) bond motifs is 1. The quantitative estimate of drug-likeness (QED) is 0.885. The number of benzene rings is 1. The van der Waals surface area contributed by atoms with Crippen molar-refractivity contribution in [2.45, 2.75) is 25.4 Å². The maximum Gasteiger partial charge on any atom is 0.238 e. The maximum atomic E-state index is 5.26. The van der Waals surface area contributed by atoms with Crippen LogP contribution in [0.4, 0.5) is 0 Å². The number of tetrazole rings is 1. The van der Waals surface area contributed by atoms with Crippen molar-refractivity contribution in [2.75, 3.05) is 13.1 Å². The summed E-state index contributed by atoms with van der Waals surface area (Å²) in [6.07, 6.45) is 2.47. The van der Waals surface area contributed by atoms with Gasteiger partial charge in [-0.05, 0) is 42.5 Å². The van der Waals surface area contributed by atoms with Gasteiger partial charge in [0.15, 0.2) is 0 Å². The number of H-pyrrole nitrogens is 1. The molecule has 4 rings (SSSR count). The highest BCUT2D eigenvalue weighted by Crippen LogP contribution is 2.44. The first-order valence-corrected chi connectivity index (χ1v) is 7.98. The van der Waals surface area contributed by atoms with Gasteiger partial charge in [0.1, 0.15) is 0 Å². The van der Waals surface area contributed by atoms with Gasteiger partial charge < -0.3 is 0 Å². The molecular weight excluding hydrogens is 282 g/mol. The Morgan fingerprint density at radius 2 is 2.05 bits per heavy atom. The second-order valence-electron chi connectivity index (χ2n) is 6.20. The van der Waals surface area contributed by atoms with Crippen molar-refractivity contribution >= 4 is 12.2 Å². The molecule has 110 valence electrons. The van der Waals surface area contributed by atoms with E-state index in [1.807, 2.05) is 4.68 Å². The number of likely N-dealkylation sites (tertiary alicyclic amines) is 1. The maximum absolute atomic E-state index is 5.26. The smallest absolute Gasteiger partial charge is 0.238 e. The van der Waals surface area contributed by atoms with Crippen LogP contribution in [0.1, 0.15) is 24.4 Å². The lowest BCUT2D eigenvalue weighted by Gasteiger charge is -2.20. The molecule has 1 aromatic heterocycles. The Morgan fingerprint density at radius 1 is 1.19 bits per heavy atom. The molecular formula is C15H19N5S. The Morgan fingerprint density at radius 3 is 2.81 bits per heavy atom. The number of nitrogens with zero attached hydrogens (tertiary/aromatic N) is 4. The summed E-state index contributed by atoms with van der Waals surface area (Å²) in [7, 11) is 0. The Kier molecular flexibility index (Phi) is 3.35. The van der Waals surface area contributed by atoms with Gasteiger partial charge in [0.25, 0.3) is 0 Å². The molecule has 2 heterocycles. The van der Waals surface area contributed by atoms with Crippen LogP contribution in [0.25, 0.3) is 0 Å². The second-order valence-corrected chi connectivity index (χ2v) is 6.57. The first-order valence-electron chi connectivity index (χ1n) is 7.57. The normalized spacial score (nSPS) is 28.9. The van der Waals surface area contributed by atoms with Gasteiger partial charge in [-0.25, -0.2) is 4.68 Å².